The number of hydrogen-bond donors (Lipinski definition) is 2. The molecular formula is C45H43N5O. The number of nitrogens with zero attached hydrogens (tertiary/aromatic N) is 3. The number of unbranched alkanes of at least 4 members (excludes halogenated alkanes) is 1. The van der Waals surface area contributed by atoms with Gasteiger partial charge in [-0.3, -0.25) is 4.79 Å². The summed E-state index contributed by atoms with van der Waals surface area (Å²) in [6.45, 7) is 2.84. The summed E-state index contributed by atoms with van der Waals surface area (Å²) < 4.78 is 0. The Hall–Kier alpha value is -6.01. The lowest BCUT2D eigenvalue weighted by Gasteiger charge is -2.24. The first-order valence-corrected chi connectivity index (χ1v) is 17.9. The maximum atomic E-state index is 14.1. The molecule has 1 amide bonds. The summed E-state index contributed by atoms with van der Waals surface area (Å²) in [4.78, 5) is 25.9. The van der Waals surface area contributed by atoms with E-state index in [0.717, 1.165) is 93.8 Å². The standard InChI is InChI=1S/C45H43N5O/c51-45(34-20-7-5-3-1-2-4-6-8-21-34)50(33-19-31-47-44-37-24-11-15-28-41(37)49-42-29-16-12-25-38(42)44)32-18-17-30-46-43-35-22-9-13-26-39(35)48-40-27-14-10-23-36(40)43/h1,3-16,20-29H,2,17-19,30-33H2,(H,46,48)(H,47,49)/b3-1-,6-4-,7-5-,21-8-,34-20+. The van der Waals surface area contributed by atoms with Crippen LogP contribution in [0.15, 0.2) is 157 Å². The summed E-state index contributed by atoms with van der Waals surface area (Å²) in [5.41, 5.74) is 6.80. The van der Waals surface area contributed by atoms with Crippen LogP contribution in [-0.4, -0.2) is 47.0 Å². The van der Waals surface area contributed by atoms with Crippen molar-refractivity contribution in [2.24, 2.45) is 0 Å². The van der Waals surface area contributed by atoms with E-state index >= 15 is 0 Å². The van der Waals surface area contributed by atoms with Gasteiger partial charge in [-0.05, 0) is 62.1 Å². The van der Waals surface area contributed by atoms with Gasteiger partial charge in [-0.2, -0.15) is 0 Å². The molecule has 51 heavy (non-hydrogen) atoms. The second-order valence-corrected chi connectivity index (χ2v) is 12.7. The molecule has 1 aliphatic rings. The van der Waals surface area contributed by atoms with Gasteiger partial charge in [0.15, 0.2) is 0 Å². The Morgan fingerprint density at radius 1 is 0.549 bits per heavy atom. The van der Waals surface area contributed by atoms with Gasteiger partial charge in [-0.1, -0.05) is 115 Å². The fourth-order valence-electron chi connectivity index (χ4n) is 6.66. The monoisotopic (exact) mass is 669 g/mol. The summed E-state index contributed by atoms with van der Waals surface area (Å²) in [5.74, 6) is 0.0476. The van der Waals surface area contributed by atoms with Crippen LogP contribution < -0.4 is 10.6 Å². The highest BCUT2D eigenvalue weighted by atomic mass is 16.2. The van der Waals surface area contributed by atoms with E-state index < -0.39 is 0 Å². The van der Waals surface area contributed by atoms with Gasteiger partial charge in [0.05, 0.1) is 33.4 Å². The van der Waals surface area contributed by atoms with E-state index in [2.05, 4.69) is 95.6 Å². The Labute approximate surface area is 299 Å². The maximum absolute atomic E-state index is 14.1. The smallest absolute Gasteiger partial charge is 0.253 e. The van der Waals surface area contributed by atoms with Gasteiger partial charge in [0, 0.05) is 53.3 Å². The molecule has 6 heteroatoms. The van der Waals surface area contributed by atoms with E-state index in [1.807, 2.05) is 71.7 Å². The van der Waals surface area contributed by atoms with E-state index in [1.54, 1.807) is 0 Å². The number of carbonyl (C=O) groups excluding carboxylic acids is 1. The van der Waals surface area contributed by atoms with Crippen molar-refractivity contribution in [2.75, 3.05) is 36.8 Å². The second kappa shape index (κ2) is 16.6. The minimum absolute atomic E-state index is 0.0476. The largest absolute Gasteiger partial charge is 0.384 e. The van der Waals surface area contributed by atoms with Crippen LogP contribution in [0.1, 0.15) is 25.7 Å². The minimum atomic E-state index is 0.0476. The third-order valence-electron chi connectivity index (χ3n) is 9.20. The zero-order valence-corrected chi connectivity index (χ0v) is 28.8. The first kappa shape index (κ1) is 33.5. The molecule has 0 saturated carbocycles. The lowest BCUT2D eigenvalue weighted by atomic mass is 10.1. The predicted octanol–water partition coefficient (Wildman–Crippen LogP) is 10.2. The quantitative estimate of drug-likeness (QED) is 0.100. The number of pyridine rings is 2. The Kier molecular flexibility index (Phi) is 10.9. The number of rotatable bonds is 12. The van der Waals surface area contributed by atoms with E-state index in [9.17, 15) is 4.79 Å². The molecule has 0 aliphatic heterocycles. The first-order valence-electron chi connectivity index (χ1n) is 17.9. The third kappa shape index (κ3) is 8.08. The van der Waals surface area contributed by atoms with E-state index in [4.69, 9.17) is 9.97 Å². The van der Waals surface area contributed by atoms with Crippen molar-refractivity contribution >= 4 is 60.9 Å². The number of nitrogens with one attached hydrogen (secondary N) is 2. The topological polar surface area (TPSA) is 70.2 Å². The number of fused-ring (bicyclic) bond motifs is 4. The fraction of sp³-hybridized carbons (Fsp3) is 0.178. The highest BCUT2D eigenvalue weighted by Crippen LogP contribution is 2.32. The van der Waals surface area contributed by atoms with Crippen LogP contribution in [0.5, 0.6) is 0 Å². The van der Waals surface area contributed by atoms with E-state index in [0.29, 0.717) is 18.7 Å². The van der Waals surface area contributed by atoms with Gasteiger partial charge < -0.3 is 15.5 Å². The zero-order chi connectivity index (χ0) is 34.7. The number of para-hydroxylation sites is 4. The van der Waals surface area contributed by atoms with Crippen molar-refractivity contribution in [3.05, 3.63) is 157 Å². The molecule has 0 fully saturated rings. The molecule has 0 radical (unpaired) electrons. The van der Waals surface area contributed by atoms with Crippen LogP contribution >= 0.6 is 0 Å². The highest BCUT2D eigenvalue weighted by molar-refractivity contribution is 6.08. The molecule has 2 N–H and O–H groups in total. The summed E-state index contributed by atoms with van der Waals surface area (Å²) in [6, 6.07) is 33.1. The summed E-state index contributed by atoms with van der Waals surface area (Å²) in [5, 5.41) is 11.9. The Morgan fingerprint density at radius 2 is 1.02 bits per heavy atom. The number of anilines is 2. The first-order chi connectivity index (χ1) is 25.3. The molecule has 0 atom stereocenters. The normalized spacial score (nSPS) is 16.6. The molecule has 6 nitrogen and oxygen atoms in total. The maximum Gasteiger partial charge on any atom is 0.253 e. The average molecular weight is 670 g/mol. The van der Waals surface area contributed by atoms with Crippen LogP contribution in [0.3, 0.4) is 0 Å². The second-order valence-electron chi connectivity index (χ2n) is 12.7. The van der Waals surface area contributed by atoms with Crippen molar-refractivity contribution in [3.63, 3.8) is 0 Å². The van der Waals surface area contributed by atoms with E-state index in [-0.39, 0.29) is 5.91 Å². The molecule has 0 bridgehead atoms. The van der Waals surface area contributed by atoms with Crippen LogP contribution in [0.2, 0.25) is 0 Å². The number of amides is 1. The molecule has 6 aromatic rings. The lowest BCUT2D eigenvalue weighted by molar-refractivity contribution is -0.126. The van der Waals surface area contributed by atoms with Crippen molar-refractivity contribution < 1.29 is 4.79 Å². The van der Waals surface area contributed by atoms with Gasteiger partial charge in [0.2, 0.25) is 0 Å². The van der Waals surface area contributed by atoms with Gasteiger partial charge in [0.1, 0.15) is 0 Å². The van der Waals surface area contributed by atoms with E-state index in [1.165, 1.54) is 0 Å². The van der Waals surface area contributed by atoms with Crippen LogP contribution in [0, 0.1) is 0 Å². The Balaban J connectivity index is 1.05. The molecule has 0 unspecified atom stereocenters. The molecule has 1 aliphatic carbocycles. The van der Waals surface area contributed by atoms with Crippen LogP contribution in [0.25, 0.3) is 43.6 Å². The molecule has 0 spiro atoms. The minimum Gasteiger partial charge on any atom is -0.384 e. The molecule has 2 aromatic heterocycles. The van der Waals surface area contributed by atoms with Crippen molar-refractivity contribution in [2.45, 2.75) is 25.7 Å². The van der Waals surface area contributed by atoms with Crippen molar-refractivity contribution in [1.29, 1.82) is 0 Å². The van der Waals surface area contributed by atoms with Gasteiger partial charge in [-0.15, -0.1) is 0 Å². The summed E-state index contributed by atoms with van der Waals surface area (Å²) in [6.07, 6.45) is 21.4. The molecule has 2 heterocycles. The van der Waals surface area contributed by atoms with Crippen LogP contribution in [-0.2, 0) is 4.79 Å². The van der Waals surface area contributed by atoms with Crippen molar-refractivity contribution in [1.82, 2.24) is 14.9 Å². The molecule has 0 saturated heterocycles. The number of carbonyl (C=O) groups is 1. The summed E-state index contributed by atoms with van der Waals surface area (Å²) in [7, 11) is 0. The lowest BCUT2D eigenvalue weighted by Crippen LogP contribution is -2.34. The van der Waals surface area contributed by atoms with Gasteiger partial charge in [0.25, 0.3) is 5.91 Å². The van der Waals surface area contributed by atoms with Gasteiger partial charge in [-0.25, -0.2) is 9.97 Å². The van der Waals surface area contributed by atoms with Gasteiger partial charge >= 0.3 is 0 Å². The number of hydrogen-bond acceptors (Lipinski definition) is 5. The average Bonchev–Trinajstić information content (AvgIpc) is 3.23. The molecule has 7 rings (SSSR count). The summed E-state index contributed by atoms with van der Waals surface area (Å²) >= 11 is 0. The Morgan fingerprint density at radius 3 is 1.57 bits per heavy atom. The van der Waals surface area contributed by atoms with Crippen LogP contribution in [0.4, 0.5) is 11.4 Å². The molecule has 4 aromatic carbocycles. The zero-order valence-electron chi connectivity index (χ0n) is 28.8. The van der Waals surface area contributed by atoms with Crippen molar-refractivity contribution in [3.8, 4) is 0 Å². The fourth-order valence-corrected chi connectivity index (χ4v) is 6.66. The predicted molar refractivity (Wildman–Crippen MR) is 215 cm³/mol. The number of allylic oxidation sites excluding steroid dienone is 8. The molecular weight excluding hydrogens is 627 g/mol. The Bertz CT molecular complexity index is 2210. The number of benzene rings is 4. The third-order valence-corrected chi connectivity index (χ3v) is 9.20. The highest BCUT2D eigenvalue weighted by Gasteiger charge is 2.17. The number of aromatic nitrogens is 2. The molecule has 254 valence electrons. The SMILES string of the molecule is O=C(C1=C/C=C\C=C/C\C=C/C=C\1)N(CCCCNc1c2ccccc2nc2ccccc12)CCCNc1c2ccccc2nc2ccccc12.